The lowest BCUT2D eigenvalue weighted by Gasteiger charge is -2.10. The monoisotopic (exact) mass is 380 g/mol. The Morgan fingerprint density at radius 3 is 3.08 bits per heavy atom. The maximum atomic E-state index is 4.62. The first-order valence-corrected chi connectivity index (χ1v) is 10.8. The van der Waals surface area contributed by atoms with Crippen molar-refractivity contribution in [2.45, 2.75) is 25.2 Å². The normalized spacial score (nSPS) is 18.2. The van der Waals surface area contributed by atoms with Crippen LogP contribution in [0.15, 0.2) is 42.0 Å². The molecule has 1 saturated heterocycles. The van der Waals surface area contributed by atoms with E-state index in [1.54, 1.807) is 11.3 Å². The van der Waals surface area contributed by atoms with E-state index in [4.69, 9.17) is 0 Å². The Labute approximate surface area is 160 Å². The Balaban J connectivity index is 1.49. The van der Waals surface area contributed by atoms with Crippen LogP contribution in [-0.2, 0) is 0 Å². The highest BCUT2D eigenvalue weighted by Crippen LogP contribution is 2.38. The number of thiophene rings is 1. The van der Waals surface area contributed by atoms with Gasteiger partial charge in [-0.05, 0) is 68.6 Å². The van der Waals surface area contributed by atoms with E-state index in [1.807, 2.05) is 23.0 Å². The van der Waals surface area contributed by atoms with E-state index >= 15 is 0 Å². The van der Waals surface area contributed by atoms with Crippen LogP contribution in [0.2, 0.25) is 0 Å². The number of nitrogens with one attached hydrogen (secondary N) is 2. The van der Waals surface area contributed by atoms with Crippen LogP contribution in [0.5, 0.6) is 0 Å². The molecule has 0 aliphatic carbocycles. The number of anilines is 2. The molecule has 1 aromatic carbocycles. The molecule has 1 atom stereocenters. The SMILES string of the molecule is c1cc(Nc2ccc3scnc3c2)c2cc([C@H]3CCCNCC3)sc2n1. The van der Waals surface area contributed by atoms with Crippen molar-refractivity contribution < 1.29 is 0 Å². The highest BCUT2D eigenvalue weighted by atomic mass is 32.1. The summed E-state index contributed by atoms with van der Waals surface area (Å²) in [5.74, 6) is 0.656. The number of aromatic nitrogens is 2. The third kappa shape index (κ3) is 3.09. The van der Waals surface area contributed by atoms with Crippen LogP contribution >= 0.6 is 22.7 Å². The van der Waals surface area contributed by atoms with Gasteiger partial charge in [0, 0.05) is 22.1 Å². The van der Waals surface area contributed by atoms with Crippen LogP contribution in [0.3, 0.4) is 0 Å². The lowest BCUT2D eigenvalue weighted by Crippen LogP contribution is -2.13. The zero-order valence-corrected chi connectivity index (χ0v) is 16.0. The highest BCUT2D eigenvalue weighted by molar-refractivity contribution is 7.18. The largest absolute Gasteiger partial charge is 0.355 e. The Hall–Kier alpha value is -2.02. The van der Waals surface area contributed by atoms with E-state index in [1.165, 1.54) is 34.2 Å². The highest BCUT2D eigenvalue weighted by Gasteiger charge is 2.18. The average Bonchev–Trinajstić information content (AvgIpc) is 3.21. The zero-order chi connectivity index (χ0) is 17.3. The fraction of sp³-hybridized carbons (Fsp3) is 0.300. The number of nitrogens with zero attached hydrogens (tertiary/aromatic N) is 2. The van der Waals surface area contributed by atoms with Crippen molar-refractivity contribution in [1.29, 1.82) is 0 Å². The second kappa shape index (κ2) is 6.95. The average molecular weight is 381 g/mol. The molecular weight excluding hydrogens is 360 g/mol. The predicted octanol–water partition coefficient (Wildman–Crippen LogP) is 5.51. The zero-order valence-electron chi connectivity index (χ0n) is 14.4. The Bertz CT molecular complexity index is 1040. The summed E-state index contributed by atoms with van der Waals surface area (Å²) in [6.45, 7) is 2.26. The molecular formula is C20H20N4S2. The van der Waals surface area contributed by atoms with Crippen LogP contribution < -0.4 is 10.6 Å². The van der Waals surface area contributed by atoms with Crippen molar-refractivity contribution in [2.24, 2.45) is 0 Å². The minimum absolute atomic E-state index is 0.656. The summed E-state index contributed by atoms with van der Waals surface area (Å²) in [6, 6.07) is 10.8. The van der Waals surface area contributed by atoms with Crippen molar-refractivity contribution >= 4 is 54.5 Å². The molecule has 0 amide bonds. The second-order valence-electron chi connectivity index (χ2n) is 6.76. The first-order valence-electron chi connectivity index (χ1n) is 9.06. The molecule has 0 unspecified atom stereocenters. The molecule has 132 valence electrons. The number of pyridine rings is 1. The summed E-state index contributed by atoms with van der Waals surface area (Å²) in [5, 5.41) is 8.31. The molecule has 3 aromatic heterocycles. The Kier molecular flexibility index (Phi) is 4.32. The summed E-state index contributed by atoms with van der Waals surface area (Å²) >= 11 is 3.53. The molecule has 0 spiro atoms. The van der Waals surface area contributed by atoms with Gasteiger partial charge in [-0.25, -0.2) is 9.97 Å². The topological polar surface area (TPSA) is 49.8 Å². The molecule has 6 heteroatoms. The molecule has 1 fully saturated rings. The first-order chi connectivity index (χ1) is 12.9. The smallest absolute Gasteiger partial charge is 0.125 e. The van der Waals surface area contributed by atoms with Crippen molar-refractivity contribution in [3.8, 4) is 0 Å². The van der Waals surface area contributed by atoms with Crippen LogP contribution in [0.4, 0.5) is 11.4 Å². The summed E-state index contributed by atoms with van der Waals surface area (Å²) in [7, 11) is 0. The van der Waals surface area contributed by atoms with Gasteiger partial charge in [0.25, 0.3) is 0 Å². The molecule has 1 aliphatic heterocycles. The van der Waals surface area contributed by atoms with Gasteiger partial charge in [-0.1, -0.05) is 0 Å². The maximum Gasteiger partial charge on any atom is 0.125 e. The van der Waals surface area contributed by atoms with Gasteiger partial charge in [-0.15, -0.1) is 22.7 Å². The number of fused-ring (bicyclic) bond motifs is 2. The Morgan fingerprint density at radius 1 is 1.08 bits per heavy atom. The predicted molar refractivity (Wildman–Crippen MR) is 112 cm³/mol. The number of rotatable bonds is 3. The molecule has 4 aromatic rings. The number of hydrogen-bond donors (Lipinski definition) is 2. The minimum Gasteiger partial charge on any atom is -0.355 e. The maximum absolute atomic E-state index is 4.62. The molecule has 5 rings (SSSR count). The van der Waals surface area contributed by atoms with E-state index in [-0.39, 0.29) is 0 Å². The van der Waals surface area contributed by atoms with Crippen LogP contribution in [-0.4, -0.2) is 23.1 Å². The standard InChI is InChI=1S/C20H20N4S2/c1-2-13(5-8-21-7-1)19-11-15-16(6-9-22-20(15)26-19)24-14-3-4-18-17(10-14)23-12-25-18/h3-4,6,9-13,21H,1-2,5,7-8H2,(H,22,24)/t13-/m0/s1. The van der Waals surface area contributed by atoms with Gasteiger partial charge in [-0.2, -0.15) is 0 Å². The van der Waals surface area contributed by atoms with Gasteiger partial charge in [0.15, 0.2) is 0 Å². The van der Waals surface area contributed by atoms with Crippen LogP contribution in [0, 0.1) is 0 Å². The van der Waals surface area contributed by atoms with Crippen LogP contribution in [0.25, 0.3) is 20.4 Å². The van der Waals surface area contributed by atoms with E-state index in [0.717, 1.165) is 34.8 Å². The number of thiazole rings is 1. The molecule has 0 bridgehead atoms. The van der Waals surface area contributed by atoms with Crippen molar-refractivity contribution in [3.05, 3.63) is 46.9 Å². The summed E-state index contributed by atoms with van der Waals surface area (Å²) < 4.78 is 1.22. The fourth-order valence-electron chi connectivity index (χ4n) is 3.66. The first kappa shape index (κ1) is 16.2. The number of hydrogen-bond acceptors (Lipinski definition) is 6. The van der Waals surface area contributed by atoms with Crippen molar-refractivity contribution in [2.75, 3.05) is 18.4 Å². The quantitative estimate of drug-likeness (QED) is 0.492. The van der Waals surface area contributed by atoms with E-state index < -0.39 is 0 Å². The molecule has 26 heavy (non-hydrogen) atoms. The van der Waals surface area contributed by atoms with Gasteiger partial charge in [-0.3, -0.25) is 0 Å². The second-order valence-corrected chi connectivity index (χ2v) is 8.71. The van der Waals surface area contributed by atoms with Gasteiger partial charge in [0.2, 0.25) is 0 Å². The molecule has 2 N–H and O–H groups in total. The van der Waals surface area contributed by atoms with E-state index in [2.05, 4.69) is 50.9 Å². The molecule has 4 heterocycles. The molecule has 0 saturated carbocycles. The van der Waals surface area contributed by atoms with Gasteiger partial charge in [0.05, 0.1) is 21.4 Å². The van der Waals surface area contributed by atoms with Gasteiger partial charge < -0.3 is 10.6 Å². The minimum atomic E-state index is 0.656. The van der Waals surface area contributed by atoms with Gasteiger partial charge >= 0.3 is 0 Å². The van der Waals surface area contributed by atoms with Gasteiger partial charge in [0.1, 0.15) is 4.83 Å². The molecule has 1 aliphatic rings. The number of benzene rings is 1. The summed E-state index contributed by atoms with van der Waals surface area (Å²) in [5.41, 5.74) is 5.13. The molecule has 4 nitrogen and oxygen atoms in total. The van der Waals surface area contributed by atoms with Crippen molar-refractivity contribution in [3.63, 3.8) is 0 Å². The van der Waals surface area contributed by atoms with E-state index in [0.29, 0.717) is 5.92 Å². The third-order valence-electron chi connectivity index (χ3n) is 5.04. The lowest BCUT2D eigenvalue weighted by atomic mass is 9.98. The summed E-state index contributed by atoms with van der Waals surface area (Å²) in [4.78, 5) is 11.6. The fourth-order valence-corrected chi connectivity index (χ4v) is 5.52. The summed E-state index contributed by atoms with van der Waals surface area (Å²) in [6.07, 6.45) is 5.64. The van der Waals surface area contributed by atoms with Crippen molar-refractivity contribution in [1.82, 2.24) is 15.3 Å². The van der Waals surface area contributed by atoms with E-state index in [9.17, 15) is 0 Å². The molecule has 0 radical (unpaired) electrons. The lowest BCUT2D eigenvalue weighted by molar-refractivity contribution is 0.619. The van der Waals surface area contributed by atoms with Crippen LogP contribution in [0.1, 0.15) is 30.1 Å². The Morgan fingerprint density at radius 2 is 2.08 bits per heavy atom. The third-order valence-corrected chi connectivity index (χ3v) is 7.06.